The summed E-state index contributed by atoms with van der Waals surface area (Å²) in [5, 5.41) is 6.78. The van der Waals surface area contributed by atoms with Gasteiger partial charge in [-0.25, -0.2) is 0 Å². The van der Waals surface area contributed by atoms with Crippen LogP contribution < -0.4 is 15.1 Å². The van der Waals surface area contributed by atoms with E-state index < -0.39 is 17.7 Å². The summed E-state index contributed by atoms with van der Waals surface area (Å²) in [5.74, 6) is 0.122. The first-order valence-corrected chi connectivity index (χ1v) is 11.5. The van der Waals surface area contributed by atoms with Gasteiger partial charge in [-0.2, -0.15) is 0 Å². The van der Waals surface area contributed by atoms with Gasteiger partial charge < -0.3 is 0 Å². The van der Waals surface area contributed by atoms with Crippen molar-refractivity contribution in [1.82, 2.24) is 10.6 Å². The van der Waals surface area contributed by atoms with Crippen molar-refractivity contribution in [3.8, 4) is 0 Å². The molecule has 2 N–H and O–H groups in total. The molecule has 0 saturated carbocycles. The summed E-state index contributed by atoms with van der Waals surface area (Å²) in [5.41, 5.74) is -0.596. The molecular formula is C21H34N2O3Se. The molecule has 0 unspecified atom stereocenters. The van der Waals surface area contributed by atoms with E-state index in [9.17, 15) is 9.59 Å². The maximum absolute atomic E-state index is 12.8. The van der Waals surface area contributed by atoms with Crippen molar-refractivity contribution in [2.24, 2.45) is 11.8 Å². The maximum atomic E-state index is 12.8. The van der Waals surface area contributed by atoms with Crippen molar-refractivity contribution >= 4 is 31.4 Å². The number of alkyl carbamates (subject to hydrolysis) is 1. The standard InChI is InChI=1S/C21H34N2O3Se/c1-14(2)17(13-27-16-11-9-8-10-12-16)22-19(24)18(15(3)4)23-20(25)26-21(5,6)7/h8-12,14-15,17-18H,13H2,1-7H3,(H,22,24)(H,23,25)/t17-,18+/m1/s1. The molecule has 0 fully saturated rings. The Morgan fingerprint density at radius 2 is 1.59 bits per heavy atom. The first-order valence-electron chi connectivity index (χ1n) is 9.47. The normalized spacial score (nSPS) is 14.0. The quantitative estimate of drug-likeness (QED) is 0.610. The van der Waals surface area contributed by atoms with Crippen molar-refractivity contribution in [2.75, 3.05) is 0 Å². The molecule has 0 saturated heterocycles. The summed E-state index contributed by atoms with van der Waals surface area (Å²) in [6.45, 7) is 13.5. The van der Waals surface area contributed by atoms with Crippen LogP contribution in [0.15, 0.2) is 30.3 Å². The number of hydrogen-bond donors (Lipinski definition) is 2. The van der Waals surface area contributed by atoms with Crippen molar-refractivity contribution < 1.29 is 14.3 Å². The molecule has 152 valence electrons. The second-order valence-corrected chi connectivity index (χ2v) is 10.6. The Bertz CT molecular complexity index is 597. The molecule has 0 heterocycles. The Morgan fingerprint density at radius 1 is 1.00 bits per heavy atom. The van der Waals surface area contributed by atoms with Crippen LogP contribution in [0.1, 0.15) is 48.5 Å². The first kappa shape index (κ1) is 23.5. The van der Waals surface area contributed by atoms with Gasteiger partial charge in [0.05, 0.1) is 0 Å². The molecule has 1 aromatic rings. The Balaban J connectivity index is 2.71. The number of carbonyl (C=O) groups excluding carboxylic acids is 2. The van der Waals surface area contributed by atoms with Crippen LogP contribution in [0.3, 0.4) is 0 Å². The summed E-state index contributed by atoms with van der Waals surface area (Å²) in [7, 11) is 0. The van der Waals surface area contributed by atoms with Gasteiger partial charge in [0.2, 0.25) is 0 Å². The van der Waals surface area contributed by atoms with Gasteiger partial charge in [0.1, 0.15) is 0 Å². The van der Waals surface area contributed by atoms with Gasteiger partial charge in [-0.3, -0.25) is 0 Å². The monoisotopic (exact) mass is 442 g/mol. The number of benzene rings is 1. The van der Waals surface area contributed by atoms with Gasteiger partial charge in [0.15, 0.2) is 0 Å². The van der Waals surface area contributed by atoms with Crippen LogP contribution in [0, 0.1) is 11.8 Å². The molecule has 27 heavy (non-hydrogen) atoms. The number of nitrogens with one attached hydrogen (secondary N) is 2. The predicted octanol–water partition coefficient (Wildman–Crippen LogP) is 3.12. The SMILES string of the molecule is CC(C)[C@H](NC(=O)OC(C)(C)C)C(=O)N[C@H](C[Se]c1ccccc1)C(C)C. The van der Waals surface area contributed by atoms with Crippen LogP contribution in [0.2, 0.25) is 5.32 Å². The molecule has 0 aliphatic carbocycles. The molecule has 0 bridgehead atoms. The average molecular weight is 441 g/mol. The molecule has 0 aliphatic heterocycles. The van der Waals surface area contributed by atoms with Gasteiger partial charge in [-0.1, -0.05) is 0 Å². The predicted molar refractivity (Wildman–Crippen MR) is 111 cm³/mol. The topological polar surface area (TPSA) is 67.4 Å². The fourth-order valence-corrected chi connectivity index (χ4v) is 4.84. The zero-order chi connectivity index (χ0) is 20.6. The fourth-order valence-electron chi connectivity index (χ4n) is 2.35. The van der Waals surface area contributed by atoms with E-state index in [0.717, 1.165) is 5.32 Å². The van der Waals surface area contributed by atoms with E-state index in [4.69, 9.17) is 4.74 Å². The molecule has 2 amide bonds. The second kappa shape index (κ2) is 10.7. The zero-order valence-electron chi connectivity index (χ0n) is 17.5. The second-order valence-electron chi connectivity index (χ2n) is 8.35. The van der Waals surface area contributed by atoms with Crippen LogP contribution >= 0.6 is 0 Å². The third-order valence-electron chi connectivity index (χ3n) is 3.93. The van der Waals surface area contributed by atoms with Crippen molar-refractivity contribution in [3.63, 3.8) is 0 Å². The Kier molecular flexibility index (Phi) is 9.34. The molecule has 1 rings (SSSR count). The molecular weight excluding hydrogens is 407 g/mol. The number of amides is 2. The number of hydrogen-bond acceptors (Lipinski definition) is 3. The van der Waals surface area contributed by atoms with Crippen LogP contribution in [0.25, 0.3) is 0 Å². The van der Waals surface area contributed by atoms with E-state index in [1.807, 2.05) is 32.0 Å². The van der Waals surface area contributed by atoms with Gasteiger partial charge in [0.25, 0.3) is 0 Å². The van der Waals surface area contributed by atoms with E-state index in [-0.39, 0.29) is 32.8 Å². The molecule has 0 radical (unpaired) electrons. The molecule has 0 aromatic heterocycles. The van der Waals surface area contributed by atoms with E-state index in [2.05, 4.69) is 36.6 Å². The first-order chi connectivity index (χ1) is 12.5. The van der Waals surface area contributed by atoms with Crippen LogP contribution in [-0.2, 0) is 9.53 Å². The summed E-state index contributed by atoms with van der Waals surface area (Å²) < 4.78 is 6.62. The van der Waals surface area contributed by atoms with Gasteiger partial charge in [-0.15, -0.1) is 0 Å². The zero-order valence-corrected chi connectivity index (χ0v) is 19.2. The molecule has 6 heteroatoms. The van der Waals surface area contributed by atoms with Crippen molar-refractivity contribution in [1.29, 1.82) is 0 Å². The Hall–Kier alpha value is -1.52. The third kappa shape index (κ3) is 9.30. The minimum absolute atomic E-state index is 0.0371. The van der Waals surface area contributed by atoms with Crippen LogP contribution in [0.4, 0.5) is 4.79 Å². The summed E-state index contributed by atoms with van der Waals surface area (Å²) >= 11 is 0.287. The van der Waals surface area contributed by atoms with Crippen LogP contribution in [-0.4, -0.2) is 44.6 Å². The summed E-state index contributed by atoms with van der Waals surface area (Å²) in [6, 6.07) is 9.79. The van der Waals surface area contributed by atoms with Gasteiger partial charge >= 0.3 is 170 Å². The number of rotatable bonds is 8. The summed E-state index contributed by atoms with van der Waals surface area (Å²) in [6.07, 6.45) is -0.564. The van der Waals surface area contributed by atoms with E-state index in [1.54, 1.807) is 20.8 Å². The number of carbonyl (C=O) groups is 2. The van der Waals surface area contributed by atoms with Gasteiger partial charge in [-0.05, 0) is 0 Å². The van der Waals surface area contributed by atoms with E-state index in [0.29, 0.717) is 5.92 Å². The molecule has 1 aromatic carbocycles. The fraction of sp³-hybridized carbons (Fsp3) is 0.619. The van der Waals surface area contributed by atoms with Crippen LogP contribution in [0.5, 0.6) is 0 Å². The van der Waals surface area contributed by atoms with Crippen molar-refractivity contribution in [2.45, 2.75) is 71.5 Å². The average Bonchev–Trinajstić information content (AvgIpc) is 2.55. The molecule has 0 spiro atoms. The summed E-state index contributed by atoms with van der Waals surface area (Å²) in [4.78, 5) is 24.9. The molecule has 2 atom stereocenters. The molecule has 5 nitrogen and oxygen atoms in total. The third-order valence-corrected chi connectivity index (χ3v) is 6.30. The number of ether oxygens (including phenoxy) is 1. The Morgan fingerprint density at radius 3 is 2.07 bits per heavy atom. The molecule has 0 aliphatic rings. The Labute approximate surface area is 170 Å². The van der Waals surface area contributed by atoms with Crippen molar-refractivity contribution in [3.05, 3.63) is 30.3 Å². The van der Waals surface area contributed by atoms with E-state index >= 15 is 0 Å². The van der Waals surface area contributed by atoms with E-state index in [1.165, 1.54) is 4.46 Å². The minimum atomic E-state index is -0.620. The van der Waals surface area contributed by atoms with Gasteiger partial charge in [0, 0.05) is 0 Å².